The fourth-order valence-corrected chi connectivity index (χ4v) is 7.40. The molecule has 3 aliphatic carbocycles. The largest absolute Gasteiger partial charge is 0.497 e. The van der Waals surface area contributed by atoms with Crippen LogP contribution in [0.3, 0.4) is 0 Å². The summed E-state index contributed by atoms with van der Waals surface area (Å²) in [5, 5.41) is 9.88. The van der Waals surface area contributed by atoms with Gasteiger partial charge < -0.3 is 19.4 Å². The minimum absolute atomic E-state index is 0.151. The van der Waals surface area contributed by atoms with E-state index in [1.165, 1.54) is 19.6 Å². The van der Waals surface area contributed by atoms with E-state index in [9.17, 15) is 14.6 Å². The number of nitrogens with one attached hydrogen (secondary N) is 1. The van der Waals surface area contributed by atoms with Gasteiger partial charge in [0.05, 0.1) is 24.3 Å². The van der Waals surface area contributed by atoms with E-state index in [4.69, 9.17) is 4.74 Å². The molecule has 6 rings (SSSR count). The zero-order chi connectivity index (χ0) is 31.1. The standard InChI is InChI=1S/C34H47FN6O2/c1-22-28-17-24(34(28,2)3)18-31(22)41(33(36)39(6)15-8-14-38(4)5)25-10-12-27-30(19-25)37-21-40(32(27)42)16-13-23-9-11-26(43-7)20-29(23)35/h9-12,19-22,24,28,31,36H,8,13-18H2,1-7H3/t22-,24-,28+,31?/m0/s1. The van der Waals surface area contributed by atoms with Gasteiger partial charge in [-0.3, -0.25) is 14.8 Å². The summed E-state index contributed by atoms with van der Waals surface area (Å²) in [7, 11) is 7.66. The third kappa shape index (κ3) is 6.01. The van der Waals surface area contributed by atoms with Gasteiger partial charge in [0.25, 0.3) is 5.56 Å². The minimum atomic E-state index is -0.349. The molecule has 9 heteroatoms. The predicted molar refractivity (Wildman–Crippen MR) is 172 cm³/mol. The Morgan fingerprint density at radius 1 is 1.14 bits per heavy atom. The molecule has 1 unspecified atom stereocenters. The van der Waals surface area contributed by atoms with Gasteiger partial charge >= 0.3 is 0 Å². The molecule has 0 aliphatic heterocycles. The normalized spacial score (nSPS) is 22.3. The topological polar surface area (TPSA) is 77.7 Å². The lowest BCUT2D eigenvalue weighted by Crippen LogP contribution is -2.63. The lowest BCUT2D eigenvalue weighted by atomic mass is 9.44. The highest BCUT2D eigenvalue weighted by atomic mass is 19.1. The second-order valence-electron chi connectivity index (χ2n) is 13.4. The maximum Gasteiger partial charge on any atom is 0.261 e. The van der Waals surface area contributed by atoms with Gasteiger partial charge in [0.2, 0.25) is 0 Å². The van der Waals surface area contributed by atoms with Crippen molar-refractivity contribution in [2.24, 2.45) is 23.2 Å². The summed E-state index contributed by atoms with van der Waals surface area (Å²) in [5.41, 5.74) is 2.22. The molecule has 1 N–H and O–H groups in total. The van der Waals surface area contributed by atoms with Gasteiger partial charge in [0.15, 0.2) is 5.96 Å². The quantitative estimate of drug-likeness (QED) is 0.249. The van der Waals surface area contributed by atoms with Gasteiger partial charge in [-0.1, -0.05) is 26.8 Å². The SMILES string of the molecule is COc1ccc(CCn2cnc3cc(N(C(=N)N(C)CCCN(C)C)C4C[C@@H]5C[C@H]([C@@H]4C)C5(C)C)ccc3c2=O)c(F)c1. The van der Waals surface area contributed by atoms with Crippen molar-refractivity contribution in [2.75, 3.05) is 46.2 Å². The third-order valence-electron chi connectivity index (χ3n) is 10.3. The van der Waals surface area contributed by atoms with Crippen molar-refractivity contribution in [1.29, 1.82) is 5.41 Å². The van der Waals surface area contributed by atoms with Crippen LogP contribution < -0.4 is 15.2 Å². The number of guanidine groups is 1. The number of hydrogen-bond donors (Lipinski definition) is 1. The molecule has 1 aromatic heterocycles. The third-order valence-corrected chi connectivity index (χ3v) is 10.3. The summed E-state index contributed by atoms with van der Waals surface area (Å²) in [6.07, 6.45) is 5.21. The Bertz CT molecular complexity index is 1540. The molecule has 2 bridgehead atoms. The number of fused-ring (bicyclic) bond motifs is 3. The molecule has 3 aromatic rings. The van der Waals surface area contributed by atoms with Crippen LogP contribution >= 0.6 is 0 Å². The molecule has 3 saturated carbocycles. The fraction of sp³-hybridized carbons (Fsp3) is 0.559. The zero-order valence-electron chi connectivity index (χ0n) is 26.7. The molecule has 232 valence electrons. The molecular formula is C34H47FN6O2. The number of rotatable bonds is 10. The van der Waals surface area contributed by atoms with E-state index >= 15 is 0 Å². The van der Waals surface area contributed by atoms with Crippen molar-refractivity contribution in [3.05, 3.63) is 64.5 Å². The van der Waals surface area contributed by atoms with Crippen LogP contribution in [0, 0.1) is 34.4 Å². The summed E-state index contributed by atoms with van der Waals surface area (Å²) in [4.78, 5) is 24.5. The maximum absolute atomic E-state index is 14.5. The maximum atomic E-state index is 14.5. The molecule has 4 atom stereocenters. The molecule has 8 nitrogen and oxygen atoms in total. The van der Waals surface area contributed by atoms with E-state index in [0.717, 1.165) is 31.6 Å². The number of anilines is 1. The number of aryl methyl sites for hydroxylation is 2. The molecule has 2 aromatic carbocycles. The summed E-state index contributed by atoms with van der Waals surface area (Å²) < 4.78 is 21.1. The van der Waals surface area contributed by atoms with Crippen LogP contribution in [0.5, 0.6) is 5.75 Å². The van der Waals surface area contributed by atoms with E-state index in [1.807, 2.05) is 25.2 Å². The highest BCUT2D eigenvalue weighted by Crippen LogP contribution is 2.62. The van der Waals surface area contributed by atoms with Crippen LogP contribution in [0.15, 0.2) is 47.5 Å². The Kier molecular flexibility index (Phi) is 8.84. The first-order valence-electron chi connectivity index (χ1n) is 15.5. The summed E-state index contributed by atoms with van der Waals surface area (Å²) in [5.74, 6) is 2.32. The highest BCUT2D eigenvalue weighted by Gasteiger charge is 2.57. The molecule has 3 aliphatic rings. The van der Waals surface area contributed by atoms with Gasteiger partial charge in [-0.15, -0.1) is 0 Å². The van der Waals surface area contributed by atoms with Crippen LogP contribution in [0.2, 0.25) is 0 Å². The molecule has 3 fully saturated rings. The van der Waals surface area contributed by atoms with Gasteiger partial charge in [0, 0.05) is 37.9 Å². The lowest BCUT2D eigenvalue weighted by Gasteiger charge is -2.63. The second kappa shape index (κ2) is 12.3. The minimum Gasteiger partial charge on any atom is -0.497 e. The monoisotopic (exact) mass is 590 g/mol. The summed E-state index contributed by atoms with van der Waals surface area (Å²) in [6.45, 7) is 9.22. The van der Waals surface area contributed by atoms with Crippen LogP contribution in [-0.4, -0.2) is 72.7 Å². The average molecular weight is 591 g/mol. The van der Waals surface area contributed by atoms with Crippen LogP contribution in [0.25, 0.3) is 10.9 Å². The van der Waals surface area contributed by atoms with E-state index in [-0.39, 0.29) is 17.4 Å². The number of hydrogen-bond acceptors (Lipinski definition) is 5. The van der Waals surface area contributed by atoms with E-state index in [0.29, 0.717) is 64.3 Å². The van der Waals surface area contributed by atoms with Gasteiger partial charge in [-0.05, 0) is 99.3 Å². The Hall–Kier alpha value is -3.46. The van der Waals surface area contributed by atoms with E-state index in [2.05, 4.69) is 54.6 Å². The first-order valence-corrected chi connectivity index (χ1v) is 15.5. The predicted octanol–water partition coefficient (Wildman–Crippen LogP) is 5.48. The number of halogens is 1. The van der Waals surface area contributed by atoms with Crippen molar-refractivity contribution in [1.82, 2.24) is 19.4 Å². The van der Waals surface area contributed by atoms with Crippen molar-refractivity contribution >= 4 is 22.5 Å². The van der Waals surface area contributed by atoms with Crippen molar-refractivity contribution < 1.29 is 9.13 Å². The van der Waals surface area contributed by atoms with Crippen LogP contribution in [-0.2, 0) is 13.0 Å². The molecular weight excluding hydrogens is 543 g/mol. The van der Waals surface area contributed by atoms with Gasteiger partial charge in [-0.25, -0.2) is 9.37 Å². The number of ether oxygens (including phenoxy) is 1. The lowest BCUT2D eigenvalue weighted by molar-refractivity contribution is -0.108. The van der Waals surface area contributed by atoms with Crippen molar-refractivity contribution in [3.63, 3.8) is 0 Å². The Balaban J connectivity index is 1.42. The molecule has 0 amide bonds. The molecule has 1 heterocycles. The number of nitrogens with zero attached hydrogens (tertiary/aromatic N) is 5. The first kappa shape index (κ1) is 31.0. The number of benzene rings is 2. The Morgan fingerprint density at radius 3 is 2.56 bits per heavy atom. The second-order valence-corrected chi connectivity index (χ2v) is 13.4. The smallest absolute Gasteiger partial charge is 0.261 e. The van der Waals surface area contributed by atoms with Gasteiger partial charge in [-0.2, -0.15) is 0 Å². The molecule has 0 spiro atoms. The summed E-state index contributed by atoms with van der Waals surface area (Å²) >= 11 is 0. The number of methoxy groups -OCH3 is 1. The van der Waals surface area contributed by atoms with Crippen LogP contribution in [0.1, 0.15) is 45.6 Å². The van der Waals surface area contributed by atoms with E-state index < -0.39 is 0 Å². The molecule has 0 saturated heterocycles. The molecule has 43 heavy (non-hydrogen) atoms. The Labute approximate surface area is 255 Å². The zero-order valence-corrected chi connectivity index (χ0v) is 26.7. The summed E-state index contributed by atoms with van der Waals surface area (Å²) in [6, 6.07) is 10.8. The Morgan fingerprint density at radius 2 is 1.91 bits per heavy atom. The first-order chi connectivity index (χ1) is 20.4. The fourth-order valence-electron chi connectivity index (χ4n) is 7.40. The van der Waals surface area contributed by atoms with Gasteiger partial charge in [0.1, 0.15) is 11.6 Å². The van der Waals surface area contributed by atoms with Crippen LogP contribution in [0.4, 0.5) is 10.1 Å². The molecule has 0 radical (unpaired) electrons. The van der Waals surface area contributed by atoms with Crippen molar-refractivity contribution in [3.8, 4) is 5.75 Å². The number of aromatic nitrogens is 2. The van der Waals surface area contributed by atoms with E-state index in [1.54, 1.807) is 23.0 Å². The average Bonchev–Trinajstić information content (AvgIpc) is 2.97. The van der Waals surface area contributed by atoms with Crippen molar-refractivity contribution in [2.45, 2.75) is 59.0 Å². The highest BCUT2D eigenvalue weighted by molar-refractivity contribution is 5.96.